The Labute approximate surface area is 199 Å². The van der Waals surface area contributed by atoms with E-state index in [0.717, 1.165) is 43.7 Å². The molecule has 33 heavy (non-hydrogen) atoms. The highest BCUT2D eigenvalue weighted by Crippen LogP contribution is 2.27. The van der Waals surface area contributed by atoms with Crippen LogP contribution in [0.2, 0.25) is 0 Å². The maximum absolute atomic E-state index is 13.5. The number of nitrogens with zero attached hydrogens (tertiary/aromatic N) is 3. The summed E-state index contributed by atoms with van der Waals surface area (Å²) in [6.07, 6.45) is 1.95. The molecular formula is C26H32N4O2S. The van der Waals surface area contributed by atoms with Gasteiger partial charge < -0.3 is 10.2 Å². The number of rotatable bonds is 7. The average Bonchev–Trinajstić information content (AvgIpc) is 2.83. The van der Waals surface area contributed by atoms with Gasteiger partial charge in [0.25, 0.3) is 5.56 Å². The normalized spacial score (nSPS) is 15.3. The van der Waals surface area contributed by atoms with Crippen LogP contribution in [0.4, 0.5) is 0 Å². The maximum atomic E-state index is 13.5. The highest BCUT2D eigenvalue weighted by Gasteiger charge is 2.21. The number of carbonyl (C=O) groups is 1. The van der Waals surface area contributed by atoms with Crippen molar-refractivity contribution in [1.29, 1.82) is 0 Å². The number of para-hydroxylation sites is 2. The topological polar surface area (TPSA) is 67.2 Å². The van der Waals surface area contributed by atoms with E-state index in [1.54, 1.807) is 4.57 Å². The SMILES string of the molecule is CCN1CCC(NC(=O)CSc2nc3ccccc3c(=O)n2-c2ccccc2C(C)C)CC1. The van der Waals surface area contributed by atoms with Crippen LogP contribution < -0.4 is 10.9 Å². The second-order valence-corrected chi connectivity index (χ2v) is 9.77. The van der Waals surface area contributed by atoms with Crippen LogP contribution in [0.3, 0.4) is 0 Å². The van der Waals surface area contributed by atoms with Gasteiger partial charge in [0.2, 0.25) is 5.91 Å². The molecule has 1 amide bonds. The highest BCUT2D eigenvalue weighted by molar-refractivity contribution is 7.99. The summed E-state index contributed by atoms with van der Waals surface area (Å²) in [5, 5.41) is 4.29. The summed E-state index contributed by atoms with van der Waals surface area (Å²) in [7, 11) is 0. The summed E-state index contributed by atoms with van der Waals surface area (Å²) in [6, 6.07) is 15.5. The Morgan fingerprint density at radius 2 is 1.82 bits per heavy atom. The standard InChI is InChI=1S/C26H32N4O2S/c1-4-29-15-13-19(14-16-29)27-24(31)17-33-26-28-22-11-7-5-10-21(22)25(32)30(26)23-12-8-6-9-20(23)18(2)3/h5-12,18-19H,4,13-17H2,1-3H3,(H,27,31). The lowest BCUT2D eigenvalue weighted by molar-refractivity contribution is -0.119. The molecule has 4 rings (SSSR count). The van der Waals surface area contributed by atoms with Crippen molar-refractivity contribution in [2.45, 2.75) is 50.7 Å². The summed E-state index contributed by atoms with van der Waals surface area (Å²) in [6.45, 7) is 9.49. The summed E-state index contributed by atoms with van der Waals surface area (Å²) in [5.41, 5.74) is 2.44. The first-order chi connectivity index (χ1) is 16.0. The number of thioether (sulfide) groups is 1. The van der Waals surface area contributed by atoms with Crippen LogP contribution in [0.25, 0.3) is 16.6 Å². The number of hydrogen-bond donors (Lipinski definition) is 1. The van der Waals surface area contributed by atoms with Crippen molar-refractivity contribution in [3.8, 4) is 5.69 Å². The molecule has 1 aliphatic heterocycles. The zero-order valence-electron chi connectivity index (χ0n) is 19.6. The van der Waals surface area contributed by atoms with Gasteiger partial charge in [0, 0.05) is 19.1 Å². The molecule has 1 N–H and O–H groups in total. The molecule has 3 aromatic rings. The van der Waals surface area contributed by atoms with E-state index in [0.29, 0.717) is 16.1 Å². The monoisotopic (exact) mass is 464 g/mol. The molecule has 2 heterocycles. The van der Waals surface area contributed by atoms with Crippen molar-refractivity contribution in [2.75, 3.05) is 25.4 Å². The molecule has 0 unspecified atom stereocenters. The van der Waals surface area contributed by atoms with Gasteiger partial charge in [0.05, 0.1) is 22.3 Å². The Hall–Kier alpha value is -2.64. The Bertz CT molecular complexity index is 1180. The quantitative estimate of drug-likeness (QED) is 0.419. The number of aromatic nitrogens is 2. The van der Waals surface area contributed by atoms with E-state index >= 15 is 0 Å². The Morgan fingerprint density at radius 1 is 1.12 bits per heavy atom. The summed E-state index contributed by atoms with van der Waals surface area (Å²) >= 11 is 1.32. The van der Waals surface area contributed by atoms with Crippen LogP contribution >= 0.6 is 11.8 Å². The molecule has 1 saturated heterocycles. The minimum atomic E-state index is -0.108. The van der Waals surface area contributed by atoms with Crippen LogP contribution in [-0.2, 0) is 4.79 Å². The van der Waals surface area contributed by atoms with Crippen molar-refractivity contribution in [3.05, 3.63) is 64.4 Å². The van der Waals surface area contributed by atoms with Crippen LogP contribution in [-0.4, -0.2) is 51.8 Å². The third-order valence-electron chi connectivity index (χ3n) is 6.28. The third-order valence-corrected chi connectivity index (χ3v) is 7.22. The summed E-state index contributed by atoms with van der Waals surface area (Å²) < 4.78 is 1.68. The third kappa shape index (κ3) is 5.31. The minimum Gasteiger partial charge on any atom is -0.353 e. The predicted octanol–water partition coefficient (Wildman–Crippen LogP) is 4.20. The zero-order valence-corrected chi connectivity index (χ0v) is 20.4. The van der Waals surface area contributed by atoms with Crippen molar-refractivity contribution in [1.82, 2.24) is 19.8 Å². The fourth-order valence-corrected chi connectivity index (χ4v) is 5.21. The van der Waals surface area contributed by atoms with Gasteiger partial charge in [-0.2, -0.15) is 0 Å². The molecule has 0 bridgehead atoms. The Morgan fingerprint density at radius 3 is 2.55 bits per heavy atom. The van der Waals surface area contributed by atoms with Gasteiger partial charge in [-0.3, -0.25) is 14.2 Å². The lowest BCUT2D eigenvalue weighted by Gasteiger charge is -2.31. The van der Waals surface area contributed by atoms with Crippen molar-refractivity contribution in [2.24, 2.45) is 0 Å². The fraction of sp³-hybridized carbons (Fsp3) is 0.423. The molecule has 6 nitrogen and oxygen atoms in total. The number of benzene rings is 2. The molecule has 174 valence electrons. The molecule has 0 atom stereocenters. The molecule has 1 aromatic heterocycles. The lowest BCUT2D eigenvalue weighted by atomic mass is 10.0. The van der Waals surface area contributed by atoms with Gasteiger partial charge in [-0.25, -0.2) is 4.98 Å². The van der Waals surface area contributed by atoms with E-state index in [-0.39, 0.29) is 29.2 Å². The second kappa shape index (κ2) is 10.5. The fourth-order valence-electron chi connectivity index (χ4n) is 4.39. The lowest BCUT2D eigenvalue weighted by Crippen LogP contribution is -2.45. The number of amides is 1. The van der Waals surface area contributed by atoms with Gasteiger partial charge >= 0.3 is 0 Å². The van der Waals surface area contributed by atoms with Crippen LogP contribution in [0.15, 0.2) is 58.5 Å². The Kier molecular flexibility index (Phi) is 7.50. The number of likely N-dealkylation sites (tertiary alicyclic amines) is 1. The number of hydrogen-bond acceptors (Lipinski definition) is 5. The number of fused-ring (bicyclic) bond motifs is 1. The first-order valence-corrected chi connectivity index (χ1v) is 12.7. The largest absolute Gasteiger partial charge is 0.353 e. The van der Waals surface area contributed by atoms with E-state index in [2.05, 4.69) is 31.0 Å². The predicted molar refractivity (Wildman–Crippen MR) is 135 cm³/mol. The number of carbonyl (C=O) groups excluding carboxylic acids is 1. The van der Waals surface area contributed by atoms with Crippen molar-refractivity contribution >= 4 is 28.6 Å². The molecule has 2 aromatic carbocycles. The van der Waals surface area contributed by atoms with E-state index in [1.165, 1.54) is 11.8 Å². The minimum absolute atomic E-state index is 0.0129. The van der Waals surface area contributed by atoms with Crippen molar-refractivity contribution in [3.63, 3.8) is 0 Å². The van der Waals surface area contributed by atoms with Gasteiger partial charge in [-0.15, -0.1) is 0 Å². The molecule has 1 aliphatic rings. The van der Waals surface area contributed by atoms with E-state index in [9.17, 15) is 9.59 Å². The van der Waals surface area contributed by atoms with E-state index < -0.39 is 0 Å². The molecule has 0 spiro atoms. The average molecular weight is 465 g/mol. The van der Waals surface area contributed by atoms with Gasteiger partial charge in [-0.1, -0.05) is 62.9 Å². The van der Waals surface area contributed by atoms with Gasteiger partial charge in [-0.05, 0) is 49.1 Å². The number of piperidine rings is 1. The molecule has 0 radical (unpaired) electrons. The molecule has 1 fully saturated rings. The van der Waals surface area contributed by atoms with Crippen LogP contribution in [0.5, 0.6) is 0 Å². The van der Waals surface area contributed by atoms with Crippen molar-refractivity contribution < 1.29 is 4.79 Å². The van der Waals surface area contributed by atoms with Gasteiger partial charge in [0.1, 0.15) is 0 Å². The summed E-state index contributed by atoms with van der Waals surface area (Å²) in [5.74, 6) is 0.457. The summed E-state index contributed by atoms with van der Waals surface area (Å²) in [4.78, 5) is 33.5. The first-order valence-electron chi connectivity index (χ1n) is 11.7. The zero-order chi connectivity index (χ0) is 23.4. The molecule has 7 heteroatoms. The van der Waals surface area contributed by atoms with E-state index in [1.807, 2.05) is 48.5 Å². The van der Waals surface area contributed by atoms with E-state index in [4.69, 9.17) is 4.98 Å². The maximum Gasteiger partial charge on any atom is 0.266 e. The second-order valence-electron chi connectivity index (χ2n) is 8.83. The molecular weight excluding hydrogens is 432 g/mol. The molecule has 0 saturated carbocycles. The van der Waals surface area contributed by atoms with Crippen LogP contribution in [0, 0.1) is 0 Å². The Balaban J connectivity index is 1.61. The highest BCUT2D eigenvalue weighted by atomic mass is 32.2. The van der Waals surface area contributed by atoms with Crippen LogP contribution in [0.1, 0.15) is 45.1 Å². The smallest absolute Gasteiger partial charge is 0.266 e. The first kappa shape index (κ1) is 23.5. The number of nitrogens with one attached hydrogen (secondary N) is 1. The van der Waals surface area contributed by atoms with Gasteiger partial charge in [0.15, 0.2) is 5.16 Å². The molecule has 0 aliphatic carbocycles.